The van der Waals surface area contributed by atoms with Crippen molar-refractivity contribution in [2.24, 2.45) is 0 Å². The molecule has 0 radical (unpaired) electrons. The van der Waals surface area contributed by atoms with E-state index in [2.05, 4.69) is 24.5 Å². The van der Waals surface area contributed by atoms with Crippen molar-refractivity contribution in [1.82, 2.24) is 10.2 Å². The van der Waals surface area contributed by atoms with Crippen LogP contribution in [-0.2, 0) is 12.8 Å². The Hall–Kier alpha value is -2.04. The molecule has 3 N–H and O–H groups in total. The van der Waals surface area contributed by atoms with Gasteiger partial charge in [-0.15, -0.1) is 0 Å². The van der Waals surface area contributed by atoms with Gasteiger partial charge in [0.1, 0.15) is 0 Å². The van der Waals surface area contributed by atoms with Crippen molar-refractivity contribution in [2.75, 3.05) is 18.4 Å². The second kappa shape index (κ2) is 7.11. The van der Waals surface area contributed by atoms with Gasteiger partial charge in [-0.1, -0.05) is 32.0 Å². The molecule has 5 heteroatoms. The maximum Gasteiger partial charge on any atom is 0.326 e. The first-order valence-electron chi connectivity index (χ1n) is 7.68. The fraction of sp³-hybridized carbons (Fsp3) is 0.500. The summed E-state index contributed by atoms with van der Waals surface area (Å²) in [6.45, 7) is 5.85. The van der Waals surface area contributed by atoms with E-state index in [-0.39, 0.29) is 12.0 Å². The number of likely N-dealkylation sites (tertiary alicyclic amines) is 1. The monoisotopic (exact) mass is 288 g/mol. The van der Waals surface area contributed by atoms with Crippen LogP contribution >= 0.6 is 0 Å². The van der Waals surface area contributed by atoms with Crippen molar-refractivity contribution in [3.05, 3.63) is 29.3 Å². The van der Waals surface area contributed by atoms with Gasteiger partial charge in [-0.2, -0.15) is 0 Å². The van der Waals surface area contributed by atoms with Crippen molar-refractivity contribution in [3.8, 4) is 0 Å². The van der Waals surface area contributed by atoms with E-state index >= 15 is 0 Å². The summed E-state index contributed by atoms with van der Waals surface area (Å²) in [5, 5.41) is 13.5. The zero-order valence-electron chi connectivity index (χ0n) is 12.8. The number of nitrogens with one attached hydrogen (secondary N) is 3. The van der Waals surface area contributed by atoms with E-state index in [0.29, 0.717) is 0 Å². The van der Waals surface area contributed by atoms with Gasteiger partial charge < -0.3 is 10.2 Å². The van der Waals surface area contributed by atoms with Gasteiger partial charge in [-0.25, -0.2) is 4.79 Å². The maximum absolute atomic E-state index is 12.1. The van der Waals surface area contributed by atoms with E-state index in [1.807, 2.05) is 23.1 Å². The van der Waals surface area contributed by atoms with E-state index in [1.54, 1.807) is 0 Å². The fourth-order valence-corrected chi connectivity index (χ4v) is 2.68. The average Bonchev–Trinajstić information content (AvgIpc) is 3.01. The minimum Gasteiger partial charge on any atom is -0.343 e. The van der Waals surface area contributed by atoms with Gasteiger partial charge in [0.05, 0.1) is 0 Å². The maximum atomic E-state index is 12.1. The molecule has 1 aliphatic rings. The third-order valence-electron chi connectivity index (χ3n) is 3.89. The summed E-state index contributed by atoms with van der Waals surface area (Å²) in [6.07, 6.45) is 3.91. The molecule has 0 spiro atoms. The molecule has 1 saturated heterocycles. The first-order chi connectivity index (χ1) is 10.2. The van der Waals surface area contributed by atoms with Crippen LogP contribution in [0.4, 0.5) is 10.5 Å². The lowest BCUT2D eigenvalue weighted by atomic mass is 10.0. The standard InChI is InChI=1S/C16H24N4O/c1-3-12-8-7-9-13(4-2)14(12)18-16(21)19-15(17)20-10-5-6-11-20/h7-9H,3-6,10-11H2,1-2H3,(H3,17,18,19,21). The van der Waals surface area contributed by atoms with E-state index in [1.165, 1.54) is 0 Å². The molecule has 2 amide bonds. The number of para-hydroxylation sites is 1. The fourth-order valence-electron chi connectivity index (χ4n) is 2.68. The zero-order valence-corrected chi connectivity index (χ0v) is 12.8. The molecule has 1 aromatic carbocycles. The molecule has 1 aliphatic heterocycles. The summed E-state index contributed by atoms with van der Waals surface area (Å²) in [6, 6.07) is 5.75. The van der Waals surface area contributed by atoms with Gasteiger partial charge >= 0.3 is 6.03 Å². The van der Waals surface area contributed by atoms with Crippen LogP contribution in [0, 0.1) is 5.41 Å². The normalized spacial score (nSPS) is 14.1. The van der Waals surface area contributed by atoms with Crippen molar-refractivity contribution in [3.63, 3.8) is 0 Å². The summed E-state index contributed by atoms with van der Waals surface area (Å²) >= 11 is 0. The Labute approximate surface area is 126 Å². The van der Waals surface area contributed by atoms with Crippen LogP contribution in [0.15, 0.2) is 18.2 Å². The lowest BCUT2D eigenvalue weighted by Gasteiger charge is -2.20. The van der Waals surface area contributed by atoms with Gasteiger partial charge in [-0.3, -0.25) is 10.7 Å². The average molecular weight is 288 g/mol. The number of anilines is 1. The number of hydrogen-bond acceptors (Lipinski definition) is 2. The summed E-state index contributed by atoms with van der Waals surface area (Å²) in [5.41, 5.74) is 3.13. The highest BCUT2D eigenvalue weighted by atomic mass is 16.2. The molecule has 0 bridgehead atoms. The highest BCUT2D eigenvalue weighted by Crippen LogP contribution is 2.22. The van der Waals surface area contributed by atoms with Gasteiger partial charge in [0.15, 0.2) is 5.96 Å². The van der Waals surface area contributed by atoms with Crippen molar-refractivity contribution in [1.29, 1.82) is 5.41 Å². The van der Waals surface area contributed by atoms with E-state index in [0.717, 1.165) is 55.6 Å². The van der Waals surface area contributed by atoms with Crippen LogP contribution in [0.2, 0.25) is 0 Å². The van der Waals surface area contributed by atoms with Gasteiger partial charge in [0.25, 0.3) is 0 Å². The first-order valence-corrected chi connectivity index (χ1v) is 7.68. The molecule has 1 fully saturated rings. The number of benzene rings is 1. The molecule has 21 heavy (non-hydrogen) atoms. The molecule has 0 saturated carbocycles. The number of rotatable bonds is 3. The Morgan fingerprint density at radius 3 is 2.29 bits per heavy atom. The van der Waals surface area contributed by atoms with Gasteiger partial charge in [0.2, 0.25) is 0 Å². The molecule has 2 rings (SSSR count). The Balaban J connectivity index is 2.03. The summed E-state index contributed by atoms with van der Waals surface area (Å²) in [7, 11) is 0. The Bertz CT molecular complexity index is 499. The predicted molar refractivity (Wildman–Crippen MR) is 85.9 cm³/mol. The highest BCUT2D eigenvalue weighted by molar-refractivity contribution is 6.02. The minimum atomic E-state index is -0.331. The minimum absolute atomic E-state index is 0.192. The molecular formula is C16H24N4O. The topological polar surface area (TPSA) is 68.2 Å². The van der Waals surface area contributed by atoms with Crippen LogP contribution in [0.3, 0.4) is 0 Å². The summed E-state index contributed by atoms with van der Waals surface area (Å²) in [4.78, 5) is 14.0. The second-order valence-electron chi connectivity index (χ2n) is 5.28. The molecule has 1 heterocycles. The second-order valence-corrected chi connectivity index (χ2v) is 5.28. The number of nitrogens with zero attached hydrogens (tertiary/aromatic N) is 1. The van der Waals surface area contributed by atoms with Crippen LogP contribution in [0.1, 0.15) is 37.8 Å². The van der Waals surface area contributed by atoms with Crippen molar-refractivity contribution >= 4 is 17.7 Å². The summed E-state index contributed by atoms with van der Waals surface area (Å²) < 4.78 is 0. The highest BCUT2D eigenvalue weighted by Gasteiger charge is 2.17. The first kappa shape index (κ1) is 15.4. The van der Waals surface area contributed by atoms with Crippen LogP contribution in [0.5, 0.6) is 0 Å². The largest absolute Gasteiger partial charge is 0.343 e. The van der Waals surface area contributed by atoms with Gasteiger partial charge in [0, 0.05) is 18.8 Å². The van der Waals surface area contributed by atoms with E-state index in [9.17, 15) is 4.79 Å². The molecule has 0 atom stereocenters. The number of carbonyl (C=O) groups is 1. The smallest absolute Gasteiger partial charge is 0.326 e. The number of aryl methyl sites for hydroxylation is 2. The predicted octanol–water partition coefficient (Wildman–Crippen LogP) is 2.96. The third-order valence-corrected chi connectivity index (χ3v) is 3.89. The zero-order chi connectivity index (χ0) is 15.2. The van der Waals surface area contributed by atoms with Gasteiger partial charge in [-0.05, 0) is 36.8 Å². The van der Waals surface area contributed by atoms with Crippen molar-refractivity contribution < 1.29 is 4.79 Å². The molecule has 0 aromatic heterocycles. The van der Waals surface area contributed by atoms with Crippen molar-refractivity contribution in [2.45, 2.75) is 39.5 Å². The quantitative estimate of drug-likeness (QED) is 0.591. The Morgan fingerprint density at radius 1 is 1.19 bits per heavy atom. The van der Waals surface area contributed by atoms with Crippen LogP contribution in [0.25, 0.3) is 0 Å². The SMILES string of the molecule is CCc1cccc(CC)c1NC(=O)NC(=N)N1CCCC1. The molecule has 114 valence electrons. The lowest BCUT2D eigenvalue weighted by Crippen LogP contribution is -2.44. The number of hydrogen-bond donors (Lipinski definition) is 3. The molecule has 0 unspecified atom stereocenters. The lowest BCUT2D eigenvalue weighted by molar-refractivity contribution is 0.255. The molecule has 0 aliphatic carbocycles. The van der Waals surface area contributed by atoms with E-state index in [4.69, 9.17) is 5.41 Å². The third kappa shape index (κ3) is 3.74. The number of guanidine groups is 1. The molecule has 1 aromatic rings. The molecular weight excluding hydrogens is 264 g/mol. The Morgan fingerprint density at radius 2 is 1.76 bits per heavy atom. The molecule has 5 nitrogen and oxygen atoms in total. The number of carbonyl (C=O) groups excluding carboxylic acids is 1. The number of urea groups is 1. The van der Waals surface area contributed by atoms with Crippen LogP contribution in [-0.4, -0.2) is 30.0 Å². The van der Waals surface area contributed by atoms with Crippen LogP contribution < -0.4 is 10.6 Å². The summed E-state index contributed by atoms with van der Waals surface area (Å²) in [5.74, 6) is 0.192. The Kier molecular flexibility index (Phi) is 5.20. The number of amides is 2. The van der Waals surface area contributed by atoms with E-state index < -0.39 is 0 Å².